The fourth-order valence-corrected chi connectivity index (χ4v) is 3.54. The molecule has 21 heavy (non-hydrogen) atoms. The number of halogens is 1. The third-order valence-corrected chi connectivity index (χ3v) is 5.48. The molecule has 0 amide bonds. The molecule has 7 heteroatoms. The van der Waals surface area contributed by atoms with Crippen molar-refractivity contribution in [2.24, 2.45) is 5.14 Å². The lowest BCUT2D eigenvalue weighted by Gasteiger charge is -2.12. The summed E-state index contributed by atoms with van der Waals surface area (Å²) in [6, 6.07) is 10.8. The van der Waals surface area contributed by atoms with Crippen molar-refractivity contribution in [1.29, 1.82) is 0 Å². The van der Waals surface area contributed by atoms with Gasteiger partial charge in [-0.3, -0.25) is 0 Å². The van der Waals surface area contributed by atoms with Gasteiger partial charge in [-0.2, -0.15) is 0 Å². The van der Waals surface area contributed by atoms with E-state index in [-0.39, 0.29) is 10.9 Å². The summed E-state index contributed by atoms with van der Waals surface area (Å²) in [5.74, 6) is 0. The maximum atomic E-state index is 11.2. The van der Waals surface area contributed by atoms with Gasteiger partial charge in [0.1, 0.15) is 0 Å². The first kappa shape index (κ1) is 16.5. The van der Waals surface area contributed by atoms with Gasteiger partial charge < -0.3 is 5.32 Å². The minimum Gasteiger partial charge on any atom is -0.309 e. The zero-order chi connectivity index (χ0) is 15.5. The lowest BCUT2D eigenvalue weighted by molar-refractivity contribution is 0.584. The van der Waals surface area contributed by atoms with E-state index in [0.717, 1.165) is 22.9 Å². The maximum absolute atomic E-state index is 11.2. The van der Waals surface area contributed by atoms with E-state index >= 15 is 0 Å². The Morgan fingerprint density at radius 3 is 2.43 bits per heavy atom. The van der Waals surface area contributed by atoms with Crippen molar-refractivity contribution in [3.8, 4) is 0 Å². The van der Waals surface area contributed by atoms with Gasteiger partial charge in [-0.25, -0.2) is 13.6 Å². The fraction of sp³-hybridized carbons (Fsp3) is 0.286. The normalized spacial score (nSPS) is 13.3. The summed E-state index contributed by atoms with van der Waals surface area (Å²) in [4.78, 5) is 1.34. The van der Waals surface area contributed by atoms with E-state index in [4.69, 9.17) is 16.7 Å². The average molecular weight is 345 g/mol. The van der Waals surface area contributed by atoms with Crippen LogP contribution in [0.3, 0.4) is 0 Å². The van der Waals surface area contributed by atoms with Crippen LogP contribution in [-0.2, 0) is 16.4 Å². The zero-order valence-electron chi connectivity index (χ0n) is 11.5. The lowest BCUT2D eigenvalue weighted by Crippen LogP contribution is -2.20. The molecule has 1 atom stereocenters. The SMILES string of the molecule is CC(NCCc1ccc(S(N)(=O)=O)cc1)c1ccc(Cl)s1. The number of primary sulfonamides is 1. The van der Waals surface area contributed by atoms with Crippen molar-refractivity contribution in [2.75, 3.05) is 6.54 Å². The van der Waals surface area contributed by atoms with Gasteiger partial charge in [0.25, 0.3) is 0 Å². The van der Waals surface area contributed by atoms with Crippen LogP contribution >= 0.6 is 22.9 Å². The molecule has 0 saturated carbocycles. The van der Waals surface area contributed by atoms with E-state index < -0.39 is 10.0 Å². The Morgan fingerprint density at radius 2 is 1.90 bits per heavy atom. The monoisotopic (exact) mass is 344 g/mol. The quantitative estimate of drug-likeness (QED) is 0.846. The predicted octanol–water partition coefficient (Wildman–Crippen LogP) is 2.94. The van der Waals surface area contributed by atoms with Crippen molar-refractivity contribution in [2.45, 2.75) is 24.3 Å². The molecule has 0 aliphatic heterocycles. The van der Waals surface area contributed by atoms with Crippen LogP contribution in [0.25, 0.3) is 0 Å². The summed E-state index contributed by atoms with van der Waals surface area (Å²) in [7, 11) is -3.61. The highest BCUT2D eigenvalue weighted by Crippen LogP contribution is 2.26. The molecule has 2 aromatic rings. The topological polar surface area (TPSA) is 72.2 Å². The molecular formula is C14H17ClN2O2S2. The van der Waals surface area contributed by atoms with Crippen LogP contribution in [-0.4, -0.2) is 15.0 Å². The molecule has 2 rings (SSSR count). The molecule has 3 N–H and O–H groups in total. The van der Waals surface area contributed by atoms with E-state index in [1.54, 1.807) is 23.5 Å². The van der Waals surface area contributed by atoms with Crippen molar-refractivity contribution in [3.63, 3.8) is 0 Å². The molecule has 1 aromatic carbocycles. The van der Waals surface area contributed by atoms with Crippen LogP contribution in [0.2, 0.25) is 4.34 Å². The van der Waals surface area contributed by atoms with Crippen LogP contribution in [0.15, 0.2) is 41.3 Å². The highest BCUT2D eigenvalue weighted by Gasteiger charge is 2.08. The van der Waals surface area contributed by atoms with Gasteiger partial charge in [0, 0.05) is 10.9 Å². The van der Waals surface area contributed by atoms with Crippen LogP contribution in [0, 0.1) is 0 Å². The Hall–Kier alpha value is -0.920. The first-order chi connectivity index (χ1) is 9.86. The fourth-order valence-electron chi connectivity index (χ4n) is 1.94. The molecule has 1 unspecified atom stereocenters. The molecule has 0 fully saturated rings. The highest BCUT2D eigenvalue weighted by atomic mass is 35.5. The Morgan fingerprint density at radius 1 is 1.24 bits per heavy atom. The summed E-state index contributed by atoms with van der Waals surface area (Å²) in [5.41, 5.74) is 1.06. The number of hydrogen-bond acceptors (Lipinski definition) is 4. The summed E-state index contributed by atoms with van der Waals surface area (Å²) >= 11 is 7.49. The third-order valence-electron chi connectivity index (χ3n) is 3.14. The number of rotatable bonds is 6. The van der Waals surface area contributed by atoms with Gasteiger partial charge in [0.15, 0.2) is 0 Å². The van der Waals surface area contributed by atoms with Crippen LogP contribution < -0.4 is 10.5 Å². The van der Waals surface area contributed by atoms with Gasteiger partial charge in [-0.1, -0.05) is 23.7 Å². The molecule has 4 nitrogen and oxygen atoms in total. The number of sulfonamides is 1. The van der Waals surface area contributed by atoms with E-state index in [1.165, 1.54) is 17.0 Å². The van der Waals surface area contributed by atoms with Crippen molar-refractivity contribution >= 4 is 33.0 Å². The number of nitrogens with two attached hydrogens (primary N) is 1. The van der Waals surface area contributed by atoms with Crippen molar-refractivity contribution in [1.82, 2.24) is 5.32 Å². The molecule has 0 radical (unpaired) electrons. The van der Waals surface area contributed by atoms with E-state index in [0.29, 0.717) is 0 Å². The zero-order valence-corrected chi connectivity index (χ0v) is 13.9. The highest BCUT2D eigenvalue weighted by molar-refractivity contribution is 7.89. The average Bonchev–Trinajstić information content (AvgIpc) is 2.85. The summed E-state index contributed by atoms with van der Waals surface area (Å²) in [6.07, 6.45) is 0.814. The number of thiophene rings is 1. The van der Waals surface area contributed by atoms with Gasteiger partial charge in [0.05, 0.1) is 9.23 Å². The molecule has 114 valence electrons. The Balaban J connectivity index is 1.86. The number of benzene rings is 1. The molecule has 1 aromatic heterocycles. The van der Waals surface area contributed by atoms with Crippen LogP contribution in [0.1, 0.15) is 23.4 Å². The summed E-state index contributed by atoms with van der Waals surface area (Å²) in [6.45, 7) is 2.89. The number of nitrogens with one attached hydrogen (secondary N) is 1. The minimum absolute atomic E-state index is 0.140. The van der Waals surface area contributed by atoms with E-state index in [9.17, 15) is 8.42 Å². The van der Waals surface area contributed by atoms with Gasteiger partial charge in [-0.05, 0) is 49.7 Å². The maximum Gasteiger partial charge on any atom is 0.238 e. The molecule has 0 aliphatic rings. The Kier molecular flexibility index (Phi) is 5.40. The standard InChI is InChI=1S/C14H17ClN2O2S2/c1-10(13-6-7-14(15)20-13)17-9-8-11-2-4-12(5-3-11)21(16,18)19/h2-7,10,17H,8-9H2,1H3,(H2,16,18,19). The molecular weight excluding hydrogens is 328 g/mol. The predicted molar refractivity (Wildman–Crippen MR) is 87.3 cm³/mol. The van der Waals surface area contributed by atoms with Crippen LogP contribution in [0.4, 0.5) is 0 Å². The summed E-state index contributed by atoms with van der Waals surface area (Å²) < 4.78 is 23.1. The molecule has 0 bridgehead atoms. The smallest absolute Gasteiger partial charge is 0.238 e. The third kappa shape index (κ3) is 4.79. The van der Waals surface area contributed by atoms with E-state index in [2.05, 4.69) is 12.2 Å². The number of hydrogen-bond donors (Lipinski definition) is 2. The Labute approximate surface area is 134 Å². The summed E-state index contributed by atoms with van der Waals surface area (Å²) in [5, 5.41) is 8.48. The second-order valence-corrected chi connectivity index (χ2v) is 8.06. The molecule has 0 aliphatic carbocycles. The van der Waals surface area contributed by atoms with E-state index in [1.807, 2.05) is 12.1 Å². The van der Waals surface area contributed by atoms with Crippen molar-refractivity contribution in [3.05, 3.63) is 51.2 Å². The molecule has 1 heterocycles. The van der Waals surface area contributed by atoms with Crippen LogP contribution in [0.5, 0.6) is 0 Å². The second-order valence-electron chi connectivity index (χ2n) is 4.76. The molecule has 0 spiro atoms. The van der Waals surface area contributed by atoms with Gasteiger partial charge >= 0.3 is 0 Å². The first-order valence-corrected chi connectivity index (χ1v) is 9.21. The minimum atomic E-state index is -3.61. The Bertz CT molecular complexity index is 696. The van der Waals surface area contributed by atoms with Crippen molar-refractivity contribution < 1.29 is 8.42 Å². The molecule has 0 saturated heterocycles. The van der Waals surface area contributed by atoms with Gasteiger partial charge in [0.2, 0.25) is 10.0 Å². The largest absolute Gasteiger partial charge is 0.309 e. The first-order valence-electron chi connectivity index (χ1n) is 6.46. The lowest BCUT2D eigenvalue weighted by atomic mass is 10.1. The second kappa shape index (κ2) is 6.89. The van der Waals surface area contributed by atoms with Gasteiger partial charge in [-0.15, -0.1) is 11.3 Å².